The minimum Gasteiger partial charge on any atom is -0.332 e. The molecular formula is C16H20FNO3S. The first kappa shape index (κ1) is 15.5. The Balaban J connectivity index is 1.89. The number of sulfone groups is 1. The van der Waals surface area contributed by atoms with Crippen molar-refractivity contribution in [1.29, 1.82) is 0 Å². The van der Waals surface area contributed by atoms with E-state index in [1.807, 2.05) is 0 Å². The number of hydrogen-bond acceptors (Lipinski definition) is 3. The van der Waals surface area contributed by atoms with E-state index in [9.17, 15) is 17.6 Å². The molecule has 2 fully saturated rings. The van der Waals surface area contributed by atoms with Crippen molar-refractivity contribution >= 4 is 15.7 Å². The van der Waals surface area contributed by atoms with E-state index >= 15 is 0 Å². The molecule has 0 aromatic heterocycles. The summed E-state index contributed by atoms with van der Waals surface area (Å²) >= 11 is 0. The first-order valence-electron chi connectivity index (χ1n) is 7.75. The van der Waals surface area contributed by atoms with Crippen LogP contribution in [0.3, 0.4) is 0 Å². The SMILES string of the molecule is O=C(c1cccc(F)c1)N(C1CCCC1)C1CCS(=O)(=O)C1. The molecule has 1 heterocycles. The number of halogens is 1. The van der Waals surface area contributed by atoms with E-state index < -0.39 is 15.7 Å². The third-order valence-corrected chi connectivity index (χ3v) is 6.38. The van der Waals surface area contributed by atoms with E-state index in [1.54, 1.807) is 11.0 Å². The third-order valence-electron chi connectivity index (χ3n) is 4.63. The fourth-order valence-corrected chi connectivity index (χ4v) is 5.29. The maximum Gasteiger partial charge on any atom is 0.254 e. The summed E-state index contributed by atoms with van der Waals surface area (Å²) in [5, 5.41) is 0. The summed E-state index contributed by atoms with van der Waals surface area (Å²) in [5.74, 6) is -0.522. The van der Waals surface area contributed by atoms with Gasteiger partial charge >= 0.3 is 0 Å². The van der Waals surface area contributed by atoms with Crippen molar-refractivity contribution in [2.24, 2.45) is 0 Å². The molecule has 0 radical (unpaired) electrons. The minimum atomic E-state index is -3.06. The Labute approximate surface area is 130 Å². The Bertz CT molecular complexity index is 668. The Hall–Kier alpha value is -1.43. The Morgan fingerprint density at radius 3 is 2.45 bits per heavy atom. The maximum absolute atomic E-state index is 13.4. The summed E-state index contributed by atoms with van der Waals surface area (Å²) < 4.78 is 37.0. The van der Waals surface area contributed by atoms with Gasteiger partial charge in [0, 0.05) is 17.6 Å². The molecule has 0 bridgehead atoms. The van der Waals surface area contributed by atoms with Gasteiger partial charge in [-0.1, -0.05) is 18.9 Å². The predicted octanol–water partition coefficient (Wildman–Crippen LogP) is 2.40. The Kier molecular flexibility index (Phi) is 4.21. The van der Waals surface area contributed by atoms with Gasteiger partial charge in [0.1, 0.15) is 5.82 Å². The fraction of sp³-hybridized carbons (Fsp3) is 0.562. The number of amides is 1. The van der Waals surface area contributed by atoms with Crippen LogP contribution < -0.4 is 0 Å². The van der Waals surface area contributed by atoms with Gasteiger partial charge in [0.15, 0.2) is 9.84 Å². The normalized spacial score (nSPS) is 24.5. The molecule has 1 saturated heterocycles. The molecule has 6 heteroatoms. The van der Waals surface area contributed by atoms with Crippen LogP contribution in [-0.4, -0.2) is 42.8 Å². The van der Waals surface area contributed by atoms with Gasteiger partial charge in [0.05, 0.1) is 11.5 Å². The molecule has 1 unspecified atom stereocenters. The summed E-state index contributed by atoms with van der Waals surface area (Å²) in [6, 6.07) is 5.44. The smallest absolute Gasteiger partial charge is 0.254 e. The largest absolute Gasteiger partial charge is 0.332 e. The summed E-state index contributed by atoms with van der Waals surface area (Å²) in [5.41, 5.74) is 0.302. The van der Waals surface area contributed by atoms with Gasteiger partial charge in [-0.3, -0.25) is 4.79 Å². The van der Waals surface area contributed by atoms with E-state index in [-0.39, 0.29) is 29.5 Å². The molecular weight excluding hydrogens is 305 g/mol. The van der Waals surface area contributed by atoms with Gasteiger partial charge in [0.2, 0.25) is 0 Å². The molecule has 0 spiro atoms. The molecule has 1 aromatic carbocycles. The zero-order valence-corrected chi connectivity index (χ0v) is 13.2. The maximum atomic E-state index is 13.4. The fourth-order valence-electron chi connectivity index (χ4n) is 3.58. The van der Waals surface area contributed by atoms with Crippen molar-refractivity contribution in [2.75, 3.05) is 11.5 Å². The van der Waals surface area contributed by atoms with E-state index in [1.165, 1.54) is 18.2 Å². The van der Waals surface area contributed by atoms with Gasteiger partial charge in [-0.25, -0.2) is 12.8 Å². The van der Waals surface area contributed by atoms with Gasteiger partial charge in [0.25, 0.3) is 5.91 Å². The van der Waals surface area contributed by atoms with Gasteiger partial charge in [-0.15, -0.1) is 0 Å². The van der Waals surface area contributed by atoms with Crippen molar-refractivity contribution in [1.82, 2.24) is 4.90 Å². The van der Waals surface area contributed by atoms with Crippen LogP contribution in [0.2, 0.25) is 0 Å². The highest BCUT2D eigenvalue weighted by Crippen LogP contribution is 2.30. The lowest BCUT2D eigenvalue weighted by atomic mass is 10.1. The summed E-state index contributed by atoms with van der Waals surface area (Å²) in [4.78, 5) is 14.6. The van der Waals surface area contributed by atoms with Gasteiger partial charge in [-0.2, -0.15) is 0 Å². The van der Waals surface area contributed by atoms with E-state index in [4.69, 9.17) is 0 Å². The van der Waals surface area contributed by atoms with Gasteiger partial charge in [-0.05, 0) is 37.5 Å². The van der Waals surface area contributed by atoms with Crippen molar-refractivity contribution in [2.45, 2.75) is 44.2 Å². The average Bonchev–Trinajstić information content (AvgIpc) is 3.09. The molecule has 0 N–H and O–H groups in total. The quantitative estimate of drug-likeness (QED) is 0.857. The summed E-state index contributed by atoms with van der Waals surface area (Å²) in [6.45, 7) is 0. The molecule has 22 heavy (non-hydrogen) atoms. The van der Waals surface area contributed by atoms with Gasteiger partial charge < -0.3 is 4.90 Å². The lowest BCUT2D eigenvalue weighted by Gasteiger charge is -2.34. The molecule has 120 valence electrons. The predicted molar refractivity (Wildman–Crippen MR) is 81.9 cm³/mol. The monoisotopic (exact) mass is 325 g/mol. The number of carbonyl (C=O) groups is 1. The molecule has 1 saturated carbocycles. The van der Waals surface area contributed by atoms with Crippen molar-refractivity contribution in [3.8, 4) is 0 Å². The second-order valence-electron chi connectivity index (χ2n) is 6.22. The highest BCUT2D eigenvalue weighted by atomic mass is 32.2. The zero-order chi connectivity index (χ0) is 15.7. The van der Waals surface area contributed by atoms with Crippen LogP contribution in [0.15, 0.2) is 24.3 Å². The van der Waals surface area contributed by atoms with Crippen LogP contribution in [0.5, 0.6) is 0 Å². The minimum absolute atomic E-state index is 0.0323. The second-order valence-corrected chi connectivity index (χ2v) is 8.45. The topological polar surface area (TPSA) is 54.5 Å². The number of carbonyl (C=O) groups excluding carboxylic acids is 1. The van der Waals surface area contributed by atoms with Crippen LogP contribution in [0.1, 0.15) is 42.5 Å². The van der Waals surface area contributed by atoms with Crippen molar-refractivity contribution in [3.63, 3.8) is 0 Å². The molecule has 3 rings (SSSR count). The molecule has 1 aromatic rings. The molecule has 1 aliphatic heterocycles. The van der Waals surface area contributed by atoms with Crippen molar-refractivity contribution in [3.05, 3.63) is 35.6 Å². The number of benzene rings is 1. The van der Waals surface area contributed by atoms with Crippen LogP contribution >= 0.6 is 0 Å². The van der Waals surface area contributed by atoms with Crippen LogP contribution in [-0.2, 0) is 9.84 Å². The van der Waals surface area contributed by atoms with E-state index in [2.05, 4.69) is 0 Å². The van der Waals surface area contributed by atoms with Crippen LogP contribution in [0, 0.1) is 5.82 Å². The average molecular weight is 325 g/mol. The molecule has 2 aliphatic rings. The molecule has 1 atom stereocenters. The lowest BCUT2D eigenvalue weighted by molar-refractivity contribution is 0.0601. The van der Waals surface area contributed by atoms with E-state index in [0.29, 0.717) is 12.0 Å². The number of nitrogens with zero attached hydrogens (tertiary/aromatic N) is 1. The summed E-state index contributed by atoms with van der Waals surface area (Å²) in [6.07, 6.45) is 4.39. The third kappa shape index (κ3) is 3.16. The van der Waals surface area contributed by atoms with Crippen LogP contribution in [0.25, 0.3) is 0 Å². The second kappa shape index (κ2) is 5.99. The summed E-state index contributed by atoms with van der Waals surface area (Å²) in [7, 11) is -3.06. The molecule has 4 nitrogen and oxygen atoms in total. The Morgan fingerprint density at radius 2 is 1.86 bits per heavy atom. The first-order chi connectivity index (χ1) is 10.5. The highest BCUT2D eigenvalue weighted by Gasteiger charge is 2.39. The Morgan fingerprint density at radius 1 is 1.14 bits per heavy atom. The molecule has 1 amide bonds. The van der Waals surface area contributed by atoms with Crippen molar-refractivity contribution < 1.29 is 17.6 Å². The first-order valence-corrected chi connectivity index (χ1v) is 9.57. The number of rotatable bonds is 3. The lowest BCUT2D eigenvalue weighted by Crippen LogP contribution is -2.47. The van der Waals surface area contributed by atoms with E-state index in [0.717, 1.165) is 25.7 Å². The zero-order valence-electron chi connectivity index (χ0n) is 12.4. The molecule has 1 aliphatic carbocycles. The standard InChI is InChI=1S/C16H20FNO3S/c17-13-5-3-4-12(10-13)16(19)18(14-6-1-2-7-14)15-8-9-22(20,21)11-15/h3-5,10,14-15H,1-2,6-9,11H2. The highest BCUT2D eigenvalue weighted by molar-refractivity contribution is 7.91. The van der Waals surface area contributed by atoms with Crippen LogP contribution in [0.4, 0.5) is 4.39 Å². The number of hydrogen-bond donors (Lipinski definition) is 0.